The molecule has 0 aliphatic carbocycles. The molecular weight excluding hydrogens is 1510 g/mol. The van der Waals surface area contributed by atoms with E-state index in [1.807, 2.05) is 22.9 Å². The van der Waals surface area contributed by atoms with E-state index in [0.29, 0.717) is 29.3 Å². The van der Waals surface area contributed by atoms with E-state index < -0.39 is 268 Å². The van der Waals surface area contributed by atoms with E-state index in [1.165, 1.54) is 24.3 Å². The predicted molar refractivity (Wildman–Crippen MR) is 396 cm³/mol. The number of ketones is 1. The van der Waals surface area contributed by atoms with Crippen LogP contribution in [0.15, 0.2) is 54.7 Å². The van der Waals surface area contributed by atoms with Crippen molar-refractivity contribution in [3.05, 3.63) is 65.9 Å². The van der Waals surface area contributed by atoms with Crippen molar-refractivity contribution < 1.29 is 126 Å². The molecule has 43 heteroatoms. The van der Waals surface area contributed by atoms with E-state index in [9.17, 15) is 121 Å². The Morgan fingerprint density at radius 2 is 1.07 bits per heavy atom. The highest BCUT2D eigenvalue weighted by atomic mass is 16.5. The predicted octanol–water partition coefficient (Wildman–Crippen LogP) is -6.01. The van der Waals surface area contributed by atoms with E-state index in [2.05, 4.69) is 58.2 Å². The van der Waals surface area contributed by atoms with Crippen LogP contribution in [-0.2, 0) is 102 Å². The van der Waals surface area contributed by atoms with Crippen molar-refractivity contribution in [3.63, 3.8) is 0 Å². The molecule has 3 aromatic rings. The zero-order valence-corrected chi connectivity index (χ0v) is 62.9. The summed E-state index contributed by atoms with van der Waals surface area (Å²) in [5.41, 5.74) is 18.1. The second-order valence-corrected chi connectivity index (χ2v) is 26.9. The maximum absolute atomic E-state index is 14.8. The van der Waals surface area contributed by atoms with E-state index in [0.717, 1.165) is 39.5 Å². The number of Topliss-reactive ketones (excluding diaryl/α,β-unsaturated/α-hetero) is 1. The lowest BCUT2D eigenvalue weighted by Crippen LogP contribution is -2.61. The van der Waals surface area contributed by atoms with Crippen LogP contribution in [0.5, 0.6) is 0 Å². The molecule has 0 spiro atoms. The first-order chi connectivity index (χ1) is 53.9. The summed E-state index contributed by atoms with van der Waals surface area (Å²) in [6, 6.07) is -10.5. The molecule has 0 saturated carbocycles. The van der Waals surface area contributed by atoms with Crippen molar-refractivity contribution in [1.82, 2.24) is 74.1 Å². The molecule has 1 aromatic heterocycles. The number of carboxylic acid groups (broad SMARTS) is 4. The fraction of sp³-hybridized carbons (Fsp3) is 0.521. The molecule has 0 radical (unpaired) electrons. The van der Waals surface area contributed by atoms with Gasteiger partial charge in [0.05, 0.1) is 45.4 Å². The maximum atomic E-state index is 14.8. The average molecular weight is 1610 g/mol. The number of aromatic amines is 1. The van der Waals surface area contributed by atoms with Gasteiger partial charge in [0.15, 0.2) is 5.78 Å². The van der Waals surface area contributed by atoms with Gasteiger partial charge in [0, 0.05) is 53.5 Å². The van der Waals surface area contributed by atoms with Gasteiger partial charge in [-0.3, -0.25) is 91.1 Å². The number of ether oxygens (including phenoxy) is 1. The number of aliphatic hydroxyl groups is 1. The van der Waals surface area contributed by atoms with E-state index >= 15 is 0 Å². The first-order valence-corrected chi connectivity index (χ1v) is 36.3. The monoisotopic (exact) mass is 1610 g/mol. The number of fused-ring (bicyclic) bond motifs is 1. The van der Waals surface area contributed by atoms with Gasteiger partial charge in [-0.15, -0.1) is 0 Å². The summed E-state index contributed by atoms with van der Waals surface area (Å²) < 4.78 is 5.66. The van der Waals surface area contributed by atoms with E-state index in [1.54, 1.807) is 37.4 Å². The summed E-state index contributed by atoms with van der Waals surface area (Å²) in [5, 5.41) is 78.3. The fourth-order valence-electron chi connectivity index (χ4n) is 11.4. The number of primary amides is 1. The van der Waals surface area contributed by atoms with Crippen molar-refractivity contribution in [2.45, 2.75) is 203 Å². The summed E-state index contributed by atoms with van der Waals surface area (Å²) in [6.07, 6.45) is -4.36. The Labute approximate surface area is 651 Å². The van der Waals surface area contributed by atoms with Crippen molar-refractivity contribution >= 4 is 135 Å². The molecule has 1 fully saturated rings. The van der Waals surface area contributed by atoms with Gasteiger partial charge in [-0.05, 0) is 69.8 Å². The maximum Gasteiger partial charge on any atom is 0.329 e. The molecule has 4 rings (SSSR count). The van der Waals surface area contributed by atoms with Gasteiger partial charge in [0.1, 0.15) is 72.6 Å². The van der Waals surface area contributed by atoms with Gasteiger partial charge in [-0.25, -0.2) is 4.79 Å². The number of benzene rings is 2. The Hall–Kier alpha value is -12.7. The number of nitrogen functional groups attached to an aromatic ring is 1. The van der Waals surface area contributed by atoms with Crippen LogP contribution in [0.1, 0.15) is 140 Å². The molecule has 0 bridgehead atoms. The highest BCUT2D eigenvalue weighted by Gasteiger charge is 2.40. The number of H-pyrrole nitrogens is 1. The van der Waals surface area contributed by atoms with Crippen LogP contribution in [0, 0.1) is 5.92 Å². The van der Waals surface area contributed by atoms with Crippen LogP contribution >= 0.6 is 0 Å². The number of para-hydroxylation sites is 2. The number of aliphatic carboxylic acids is 4. The number of hydrogen-bond acceptors (Lipinski definition) is 24. The molecule has 1 aliphatic rings. The zero-order chi connectivity index (χ0) is 85.1. The minimum absolute atomic E-state index is 0.0933. The lowest BCUT2D eigenvalue weighted by atomic mass is 9.99. The van der Waals surface area contributed by atoms with Gasteiger partial charge in [-0.2, -0.15) is 0 Å². The normalized spacial score (nSPS) is 21.3. The highest BCUT2D eigenvalue weighted by Crippen LogP contribution is 2.22. The Bertz CT molecular complexity index is 4020. The number of cyclic esters (lactones) is 1. The van der Waals surface area contributed by atoms with Crippen LogP contribution in [0.3, 0.4) is 0 Å². The van der Waals surface area contributed by atoms with Gasteiger partial charge in [-0.1, -0.05) is 76.3 Å². The lowest BCUT2D eigenvalue weighted by molar-refractivity contribution is -0.156. The molecule has 1 aliphatic heterocycles. The standard InChI is InChI=1S/C71H99N17O26/c1-5-6-7-8-9-15-34(2)60(102)82-44(24-37-30-75-41-19-13-11-16-38(37)41)66(108)84-45(26-52(74)91)67(109)86-48(29-58(100)101)68(110)88-59-36(4)114-71(113)49(25-51(90)39-17-10-12-18-40(39)73)87-64(106)43(21-22-55(94)95)81-69(111)50(33-89)80-54(93)31-76-62(104)46(27-56(96)97)83-61(103)35(3)78-65(107)47(28-57(98)99)85-63(105)42(20-14-23-72)79-53(92)32-77-70(59)112/h10-13,16-19,30,34-36,42-50,59,75,89H,5-9,14-15,20-29,31-33,72-73H2,1-4H3,(H2,74,91)(H,76,104)(H,77,112)(H,78,107)(H,79,92)(H,80,93)(H,81,111)(H,82,102)(H,83,103)(H,84,108)(H,85,105)(H,86,109)(H,87,106)(H,88,110)(H,94,95)(H,96,97)(H,98,99)(H,100,101). The number of unbranched alkanes of at least 4 members (excludes halogenated alkanes) is 4. The molecule has 2 aromatic carbocycles. The van der Waals surface area contributed by atoms with Gasteiger partial charge in [0.25, 0.3) is 0 Å². The number of anilines is 1. The van der Waals surface area contributed by atoms with Crippen molar-refractivity contribution in [2.75, 3.05) is 32.0 Å². The van der Waals surface area contributed by atoms with Gasteiger partial charge < -0.3 is 122 Å². The fourth-order valence-corrected chi connectivity index (χ4v) is 11.4. The third kappa shape index (κ3) is 31.6. The molecule has 114 heavy (non-hydrogen) atoms. The van der Waals surface area contributed by atoms with Crippen LogP contribution in [0.4, 0.5) is 5.69 Å². The van der Waals surface area contributed by atoms with Crippen molar-refractivity contribution in [1.29, 1.82) is 0 Å². The Morgan fingerprint density at radius 1 is 0.544 bits per heavy atom. The molecule has 13 atom stereocenters. The van der Waals surface area contributed by atoms with E-state index in [-0.39, 0.29) is 30.6 Å². The number of carbonyl (C=O) groups is 20. The molecule has 624 valence electrons. The van der Waals surface area contributed by atoms with Crippen molar-refractivity contribution in [3.8, 4) is 0 Å². The summed E-state index contributed by atoms with van der Waals surface area (Å²) in [7, 11) is 0. The molecule has 14 amide bonds. The molecular formula is C71H99N17O26. The molecule has 13 unspecified atom stereocenters. The number of nitrogens with two attached hydrogens (primary N) is 3. The number of rotatable bonds is 34. The van der Waals surface area contributed by atoms with Crippen molar-refractivity contribution in [2.24, 2.45) is 17.4 Å². The number of hydrogen-bond donors (Lipinski definition) is 22. The molecule has 43 nitrogen and oxygen atoms in total. The number of aliphatic hydroxyl groups excluding tert-OH is 1. The first-order valence-electron chi connectivity index (χ1n) is 36.3. The summed E-state index contributed by atoms with van der Waals surface area (Å²) >= 11 is 0. The van der Waals surface area contributed by atoms with Gasteiger partial charge >= 0.3 is 29.8 Å². The summed E-state index contributed by atoms with van der Waals surface area (Å²) in [6.45, 7) is 1.65. The highest BCUT2D eigenvalue weighted by molar-refractivity contribution is 6.05. The molecule has 1 saturated heterocycles. The first kappa shape index (κ1) is 93.7. The number of aromatic nitrogens is 1. The SMILES string of the molecule is CCCCCCCC(C)C(=O)NC(Cc1c[nH]c2ccccc12)C(=O)NC(CC(N)=O)C(=O)NC(CC(=O)O)C(=O)NC1C(=O)NCC(=O)NC(CCCN)C(=O)NC(CC(=O)O)C(=O)NC(C)C(=O)NC(CC(=O)O)C(=O)NCC(=O)NC(CO)C(=O)NC(CCC(=O)O)C(=O)NC(CC(=O)c2ccccc2N)C(=O)OC1C. The van der Waals surface area contributed by atoms with Crippen LogP contribution in [-0.4, -0.2) is 248 Å². The molecule has 2 heterocycles. The third-order valence-electron chi connectivity index (χ3n) is 17.7. The number of carbonyl (C=O) groups excluding carboxylic acids is 16. The Kier molecular flexibility index (Phi) is 38.5. The quantitative estimate of drug-likeness (QED) is 0.0115. The number of amides is 14. The smallest absolute Gasteiger partial charge is 0.329 e. The van der Waals surface area contributed by atoms with Crippen LogP contribution in [0.25, 0.3) is 10.9 Å². The Morgan fingerprint density at radius 3 is 1.67 bits per heavy atom. The Balaban J connectivity index is 1.87. The minimum atomic E-state index is -2.45. The second-order valence-electron chi connectivity index (χ2n) is 26.9. The van der Waals surface area contributed by atoms with Crippen LogP contribution < -0.4 is 86.3 Å². The van der Waals surface area contributed by atoms with Gasteiger partial charge in [0.2, 0.25) is 82.7 Å². The summed E-state index contributed by atoms with van der Waals surface area (Å²) in [4.78, 5) is 276. The third-order valence-corrected chi connectivity index (χ3v) is 17.7. The number of esters is 1. The average Bonchev–Trinajstić information content (AvgIpc) is 1.61. The van der Waals surface area contributed by atoms with Crippen LogP contribution in [0.2, 0.25) is 0 Å². The largest absolute Gasteiger partial charge is 0.481 e. The van der Waals surface area contributed by atoms with E-state index in [4.69, 9.17) is 21.9 Å². The number of carboxylic acids is 4. The summed E-state index contributed by atoms with van der Waals surface area (Å²) in [5.74, 6) is -28.8. The zero-order valence-electron chi connectivity index (χ0n) is 62.9. The molecule has 25 N–H and O–H groups in total. The topological polar surface area (TPSA) is 702 Å². The minimum Gasteiger partial charge on any atom is -0.481 e. The second kappa shape index (κ2) is 46.8. The lowest BCUT2D eigenvalue weighted by Gasteiger charge is -2.29. The number of nitrogens with one attached hydrogen (secondary N) is 14.